The van der Waals surface area contributed by atoms with Gasteiger partial charge in [-0.3, -0.25) is 13.9 Å². The van der Waals surface area contributed by atoms with Crippen molar-refractivity contribution in [3.63, 3.8) is 0 Å². The molecule has 0 N–H and O–H groups in total. The largest absolute Gasteiger partial charge is 0.339 e. The Kier molecular flexibility index (Phi) is 3.73. The zero-order chi connectivity index (χ0) is 16.8. The Morgan fingerprint density at radius 2 is 1.83 bits per heavy atom. The second-order valence-electron chi connectivity index (χ2n) is 6.97. The third-order valence-electron chi connectivity index (χ3n) is 5.58. The molecular formula is C17H25N5O2. The summed E-state index contributed by atoms with van der Waals surface area (Å²) < 4.78 is 4.86. The molecule has 24 heavy (non-hydrogen) atoms. The Hall–Kier alpha value is -2.05. The molecule has 1 aliphatic heterocycles. The highest BCUT2D eigenvalue weighted by Gasteiger charge is 2.30. The summed E-state index contributed by atoms with van der Waals surface area (Å²) in [5.74, 6) is 0.879. The number of nitrogens with zero attached hydrogens (tertiary/aromatic N) is 5. The number of rotatable bonds is 2. The summed E-state index contributed by atoms with van der Waals surface area (Å²) >= 11 is 0. The number of aromatic nitrogens is 4. The molecular weight excluding hydrogens is 306 g/mol. The number of aryl methyl sites for hydroxylation is 2. The highest BCUT2D eigenvalue weighted by molar-refractivity contribution is 5.75. The van der Waals surface area contributed by atoms with Gasteiger partial charge in [0.25, 0.3) is 5.56 Å². The maximum absolute atomic E-state index is 12.8. The normalized spacial score (nSPS) is 19.0. The van der Waals surface area contributed by atoms with Gasteiger partial charge in [-0.05, 0) is 26.2 Å². The van der Waals surface area contributed by atoms with Gasteiger partial charge < -0.3 is 9.47 Å². The third kappa shape index (κ3) is 2.13. The van der Waals surface area contributed by atoms with Gasteiger partial charge >= 0.3 is 5.69 Å². The summed E-state index contributed by atoms with van der Waals surface area (Å²) in [6.07, 6.45) is 7.26. The third-order valence-corrected chi connectivity index (χ3v) is 5.58. The van der Waals surface area contributed by atoms with Crippen LogP contribution in [0.2, 0.25) is 0 Å². The molecule has 0 bridgehead atoms. The number of hydrogen-bond donors (Lipinski definition) is 0. The molecule has 3 heterocycles. The van der Waals surface area contributed by atoms with Gasteiger partial charge in [-0.25, -0.2) is 4.79 Å². The minimum absolute atomic E-state index is 0.208. The zero-order valence-corrected chi connectivity index (χ0v) is 14.5. The molecule has 2 aliphatic rings. The quantitative estimate of drug-likeness (QED) is 0.836. The predicted octanol–water partition coefficient (Wildman–Crippen LogP) is 1.46. The first kappa shape index (κ1) is 15.5. The molecule has 0 unspecified atom stereocenters. The minimum atomic E-state index is -0.283. The summed E-state index contributed by atoms with van der Waals surface area (Å²) in [5.41, 5.74) is 0.608. The van der Waals surface area contributed by atoms with E-state index in [-0.39, 0.29) is 11.2 Å². The first-order chi connectivity index (χ1) is 11.6. The van der Waals surface area contributed by atoms with Crippen molar-refractivity contribution >= 4 is 17.1 Å². The topological polar surface area (TPSA) is 65.1 Å². The fourth-order valence-corrected chi connectivity index (χ4v) is 4.31. The maximum Gasteiger partial charge on any atom is 0.332 e. The van der Waals surface area contributed by atoms with Gasteiger partial charge in [-0.2, -0.15) is 4.98 Å². The molecule has 1 saturated carbocycles. The molecule has 0 spiro atoms. The van der Waals surface area contributed by atoms with Crippen LogP contribution in [0.4, 0.5) is 5.95 Å². The number of fused-ring (bicyclic) bond motifs is 3. The monoisotopic (exact) mass is 331 g/mol. The lowest BCUT2D eigenvalue weighted by atomic mass is 9.94. The second-order valence-corrected chi connectivity index (χ2v) is 6.97. The van der Waals surface area contributed by atoms with Crippen LogP contribution in [0, 0.1) is 0 Å². The van der Waals surface area contributed by atoms with Gasteiger partial charge in [0.1, 0.15) is 0 Å². The van der Waals surface area contributed by atoms with Gasteiger partial charge in [-0.15, -0.1) is 0 Å². The van der Waals surface area contributed by atoms with Crippen LogP contribution in [-0.2, 0) is 20.1 Å². The molecule has 0 aromatic carbocycles. The minimum Gasteiger partial charge on any atom is -0.339 e. The van der Waals surface area contributed by atoms with Gasteiger partial charge in [0.2, 0.25) is 5.95 Å². The lowest BCUT2D eigenvalue weighted by molar-refractivity contribution is 0.391. The Labute approximate surface area is 140 Å². The Bertz CT molecular complexity index is 885. The van der Waals surface area contributed by atoms with Crippen LogP contribution in [0.3, 0.4) is 0 Å². The van der Waals surface area contributed by atoms with Crippen LogP contribution >= 0.6 is 0 Å². The number of hydrogen-bond acceptors (Lipinski definition) is 4. The number of anilines is 1. The van der Waals surface area contributed by atoms with Crippen molar-refractivity contribution in [2.24, 2.45) is 7.05 Å². The van der Waals surface area contributed by atoms with Gasteiger partial charge in [-0.1, -0.05) is 19.3 Å². The van der Waals surface area contributed by atoms with E-state index in [0.29, 0.717) is 23.8 Å². The summed E-state index contributed by atoms with van der Waals surface area (Å²) in [7, 11) is 1.71. The Morgan fingerprint density at radius 1 is 1.08 bits per heavy atom. The molecule has 1 fully saturated rings. The Morgan fingerprint density at radius 3 is 2.54 bits per heavy atom. The van der Waals surface area contributed by atoms with E-state index < -0.39 is 0 Å². The molecule has 2 aromatic heterocycles. The van der Waals surface area contributed by atoms with E-state index in [0.717, 1.165) is 25.5 Å². The van der Waals surface area contributed by atoms with E-state index in [2.05, 4.69) is 4.90 Å². The molecule has 0 saturated heterocycles. The molecule has 0 atom stereocenters. The van der Waals surface area contributed by atoms with Crippen molar-refractivity contribution in [1.29, 1.82) is 0 Å². The van der Waals surface area contributed by atoms with Crippen LogP contribution in [0.1, 0.15) is 45.4 Å². The molecule has 1 aliphatic carbocycles. The molecule has 0 radical (unpaired) electrons. The van der Waals surface area contributed by atoms with Crippen molar-refractivity contribution in [1.82, 2.24) is 18.7 Å². The average Bonchev–Trinajstić information content (AvgIpc) is 3.01. The smallest absolute Gasteiger partial charge is 0.332 e. The van der Waals surface area contributed by atoms with E-state index in [4.69, 9.17) is 4.98 Å². The first-order valence-electron chi connectivity index (χ1n) is 9.10. The average molecular weight is 331 g/mol. The fourth-order valence-electron chi connectivity index (χ4n) is 4.31. The molecule has 4 rings (SSSR count). The van der Waals surface area contributed by atoms with Gasteiger partial charge in [0.15, 0.2) is 11.2 Å². The lowest BCUT2D eigenvalue weighted by Gasteiger charge is -2.37. The highest BCUT2D eigenvalue weighted by atomic mass is 16.2. The molecule has 7 nitrogen and oxygen atoms in total. The summed E-state index contributed by atoms with van der Waals surface area (Å²) in [5, 5.41) is 0. The van der Waals surface area contributed by atoms with E-state index >= 15 is 0 Å². The van der Waals surface area contributed by atoms with Crippen molar-refractivity contribution in [2.45, 2.75) is 64.6 Å². The SMILES string of the molecule is CCn1c(=O)c2c(nc3n2CCCN3C2CCCCC2)n(C)c1=O. The zero-order valence-electron chi connectivity index (χ0n) is 14.5. The number of imidazole rings is 1. The second kappa shape index (κ2) is 5.79. The lowest BCUT2D eigenvalue weighted by Crippen LogP contribution is -2.42. The van der Waals surface area contributed by atoms with Crippen LogP contribution in [0.5, 0.6) is 0 Å². The Balaban J connectivity index is 1.93. The van der Waals surface area contributed by atoms with Crippen molar-refractivity contribution in [2.75, 3.05) is 11.4 Å². The molecule has 7 heteroatoms. The van der Waals surface area contributed by atoms with E-state index in [1.807, 2.05) is 11.5 Å². The summed E-state index contributed by atoms with van der Waals surface area (Å²) in [4.78, 5) is 32.3. The van der Waals surface area contributed by atoms with E-state index in [9.17, 15) is 9.59 Å². The van der Waals surface area contributed by atoms with Crippen LogP contribution in [-0.4, -0.2) is 31.3 Å². The van der Waals surface area contributed by atoms with Crippen LogP contribution < -0.4 is 16.1 Å². The molecule has 0 amide bonds. The molecule has 130 valence electrons. The van der Waals surface area contributed by atoms with Gasteiger partial charge in [0.05, 0.1) is 0 Å². The maximum atomic E-state index is 12.8. The summed E-state index contributed by atoms with van der Waals surface area (Å²) in [6.45, 7) is 4.00. The highest BCUT2D eigenvalue weighted by Crippen LogP contribution is 2.31. The van der Waals surface area contributed by atoms with Crippen LogP contribution in [0.25, 0.3) is 11.2 Å². The fraction of sp³-hybridized carbons (Fsp3) is 0.706. The molecule has 2 aromatic rings. The van der Waals surface area contributed by atoms with E-state index in [1.165, 1.54) is 41.2 Å². The van der Waals surface area contributed by atoms with Crippen molar-refractivity contribution in [3.05, 3.63) is 20.8 Å². The van der Waals surface area contributed by atoms with Crippen LogP contribution in [0.15, 0.2) is 9.59 Å². The van der Waals surface area contributed by atoms with Gasteiger partial charge in [0, 0.05) is 32.7 Å². The standard InChI is InChI=1S/C17H25N5O2/c1-3-20-15(23)13-14(19(2)17(20)24)18-16-21(10-7-11-22(13)16)12-8-5-4-6-9-12/h12H,3-11H2,1-2H3. The predicted molar refractivity (Wildman–Crippen MR) is 93.7 cm³/mol. The summed E-state index contributed by atoms with van der Waals surface area (Å²) in [6, 6.07) is 0.514. The first-order valence-corrected chi connectivity index (χ1v) is 9.10. The van der Waals surface area contributed by atoms with Crippen molar-refractivity contribution < 1.29 is 0 Å². The van der Waals surface area contributed by atoms with E-state index in [1.54, 1.807) is 7.05 Å². The van der Waals surface area contributed by atoms with Crippen molar-refractivity contribution in [3.8, 4) is 0 Å².